The molecule has 2 N–H and O–H groups in total. The molecule has 0 aliphatic carbocycles. The summed E-state index contributed by atoms with van der Waals surface area (Å²) >= 11 is 9.37. The first kappa shape index (κ1) is 11.0. The first-order chi connectivity index (χ1) is 5.97. The molecule has 1 aromatic rings. The van der Waals surface area contributed by atoms with Crippen LogP contribution in [-0.4, -0.2) is 0 Å². The van der Waals surface area contributed by atoms with E-state index >= 15 is 0 Å². The Kier molecular flexibility index (Phi) is 3.35. The normalized spacial score (nSPS) is 11.8. The molecule has 0 unspecified atom stereocenters. The Morgan fingerprint density at radius 1 is 1.46 bits per heavy atom. The van der Waals surface area contributed by atoms with Gasteiger partial charge in [0, 0.05) is 15.1 Å². The predicted octanol–water partition coefficient (Wildman–Crippen LogP) is 3.23. The van der Waals surface area contributed by atoms with Crippen molar-refractivity contribution in [1.29, 1.82) is 0 Å². The van der Waals surface area contributed by atoms with Crippen LogP contribution in [0.2, 0.25) is 5.02 Å². The summed E-state index contributed by atoms with van der Waals surface area (Å²) in [5.74, 6) is 5.18. The summed E-state index contributed by atoms with van der Waals surface area (Å²) in [7, 11) is 0. The molecule has 4 heteroatoms. The maximum Gasteiger partial charge on any atom is 0.110 e. The molecule has 0 fully saturated rings. The number of hydrogen-bond acceptors (Lipinski definition) is 2. The molecule has 0 heterocycles. The topological polar surface area (TPSA) is 35.2 Å². The van der Waals surface area contributed by atoms with Crippen LogP contribution in [0.4, 0.5) is 0 Å². The molecule has 0 bridgehead atoms. The Hall–Kier alpha value is -0.0900. The van der Waals surface area contributed by atoms with E-state index in [9.17, 15) is 0 Å². The van der Waals surface area contributed by atoms with E-state index in [0.717, 1.165) is 10.0 Å². The van der Waals surface area contributed by atoms with Crippen molar-refractivity contribution < 1.29 is 4.84 Å². The minimum atomic E-state index is -0.569. The van der Waals surface area contributed by atoms with Gasteiger partial charge in [-0.25, -0.2) is 5.90 Å². The molecular formula is C9H11BrClNO. The minimum Gasteiger partial charge on any atom is -0.294 e. The lowest BCUT2D eigenvalue weighted by atomic mass is 9.98. The van der Waals surface area contributed by atoms with Gasteiger partial charge < -0.3 is 0 Å². The number of hydrogen-bond donors (Lipinski definition) is 1. The van der Waals surface area contributed by atoms with E-state index in [1.807, 2.05) is 32.0 Å². The van der Waals surface area contributed by atoms with E-state index in [4.69, 9.17) is 22.3 Å². The first-order valence-electron chi connectivity index (χ1n) is 3.81. The molecule has 0 atom stereocenters. The van der Waals surface area contributed by atoms with Crippen LogP contribution in [0.1, 0.15) is 19.4 Å². The molecular weight excluding hydrogens is 253 g/mol. The highest BCUT2D eigenvalue weighted by molar-refractivity contribution is 9.10. The molecule has 13 heavy (non-hydrogen) atoms. The van der Waals surface area contributed by atoms with Crippen molar-refractivity contribution in [2.45, 2.75) is 19.4 Å². The second-order valence-electron chi connectivity index (χ2n) is 3.25. The van der Waals surface area contributed by atoms with Gasteiger partial charge in [0.25, 0.3) is 0 Å². The van der Waals surface area contributed by atoms with Crippen LogP contribution in [-0.2, 0) is 10.4 Å². The molecule has 0 aliphatic heterocycles. The van der Waals surface area contributed by atoms with E-state index in [2.05, 4.69) is 15.9 Å². The molecule has 1 rings (SSSR count). The Balaban J connectivity index is 3.20. The Morgan fingerprint density at radius 3 is 2.62 bits per heavy atom. The lowest BCUT2D eigenvalue weighted by Crippen LogP contribution is -2.25. The lowest BCUT2D eigenvalue weighted by molar-refractivity contribution is -0.0235. The number of halogens is 2. The van der Waals surface area contributed by atoms with Crippen molar-refractivity contribution in [2.75, 3.05) is 0 Å². The fraction of sp³-hybridized carbons (Fsp3) is 0.333. The van der Waals surface area contributed by atoms with Gasteiger partial charge in [0.1, 0.15) is 5.60 Å². The van der Waals surface area contributed by atoms with Gasteiger partial charge in [-0.05, 0) is 32.0 Å². The molecule has 0 saturated carbocycles. The highest BCUT2D eigenvalue weighted by Crippen LogP contribution is 2.31. The smallest absolute Gasteiger partial charge is 0.110 e. The molecule has 0 amide bonds. The monoisotopic (exact) mass is 263 g/mol. The highest BCUT2D eigenvalue weighted by Gasteiger charge is 2.23. The van der Waals surface area contributed by atoms with Crippen molar-refractivity contribution in [1.82, 2.24) is 0 Å². The summed E-state index contributed by atoms with van der Waals surface area (Å²) in [6, 6.07) is 5.58. The molecule has 0 spiro atoms. The van der Waals surface area contributed by atoms with Gasteiger partial charge >= 0.3 is 0 Å². The van der Waals surface area contributed by atoms with Crippen LogP contribution in [0.15, 0.2) is 22.7 Å². The highest BCUT2D eigenvalue weighted by atomic mass is 79.9. The first-order valence-corrected chi connectivity index (χ1v) is 4.98. The van der Waals surface area contributed by atoms with Gasteiger partial charge in [0.2, 0.25) is 0 Å². The maximum atomic E-state index is 6.00. The van der Waals surface area contributed by atoms with Crippen LogP contribution in [0.5, 0.6) is 0 Å². The summed E-state index contributed by atoms with van der Waals surface area (Å²) in [6.07, 6.45) is 0. The average molecular weight is 265 g/mol. The van der Waals surface area contributed by atoms with Crippen LogP contribution in [0.25, 0.3) is 0 Å². The third-order valence-electron chi connectivity index (χ3n) is 1.87. The number of rotatable bonds is 2. The largest absolute Gasteiger partial charge is 0.294 e. The van der Waals surface area contributed by atoms with Gasteiger partial charge in [-0.1, -0.05) is 27.5 Å². The summed E-state index contributed by atoms with van der Waals surface area (Å²) < 4.78 is 0.956. The molecule has 0 radical (unpaired) electrons. The predicted molar refractivity (Wildman–Crippen MR) is 57.5 cm³/mol. The van der Waals surface area contributed by atoms with Gasteiger partial charge in [-0.15, -0.1) is 0 Å². The molecule has 72 valence electrons. The average Bonchev–Trinajstić information content (AvgIpc) is 2.09. The third-order valence-corrected chi connectivity index (χ3v) is 2.69. The Morgan fingerprint density at radius 2 is 2.08 bits per heavy atom. The van der Waals surface area contributed by atoms with Crippen molar-refractivity contribution in [3.8, 4) is 0 Å². The summed E-state index contributed by atoms with van der Waals surface area (Å²) in [5, 5.41) is 0.652. The number of nitrogens with two attached hydrogens (primary N) is 1. The van der Waals surface area contributed by atoms with E-state index < -0.39 is 5.60 Å². The van der Waals surface area contributed by atoms with E-state index in [1.165, 1.54) is 0 Å². The zero-order valence-corrected chi connectivity index (χ0v) is 9.82. The SMILES string of the molecule is CC(C)(ON)c1cc(Br)ccc1Cl. The van der Waals surface area contributed by atoms with Gasteiger partial charge in [-0.2, -0.15) is 0 Å². The van der Waals surface area contributed by atoms with Crippen molar-refractivity contribution in [3.05, 3.63) is 33.3 Å². The summed E-state index contributed by atoms with van der Waals surface area (Å²) in [4.78, 5) is 4.85. The van der Waals surface area contributed by atoms with Crippen LogP contribution in [0, 0.1) is 0 Å². The van der Waals surface area contributed by atoms with Crippen molar-refractivity contribution >= 4 is 27.5 Å². The molecule has 0 aliphatic rings. The quantitative estimate of drug-likeness (QED) is 0.833. The maximum absolute atomic E-state index is 6.00. The molecule has 0 aromatic heterocycles. The van der Waals surface area contributed by atoms with E-state index in [0.29, 0.717) is 5.02 Å². The van der Waals surface area contributed by atoms with Crippen LogP contribution in [0.3, 0.4) is 0 Å². The fourth-order valence-corrected chi connectivity index (χ4v) is 1.73. The zero-order chi connectivity index (χ0) is 10.1. The molecule has 0 saturated heterocycles. The van der Waals surface area contributed by atoms with E-state index in [-0.39, 0.29) is 0 Å². The van der Waals surface area contributed by atoms with Gasteiger partial charge in [0.05, 0.1) is 0 Å². The van der Waals surface area contributed by atoms with Crippen LogP contribution >= 0.6 is 27.5 Å². The van der Waals surface area contributed by atoms with Crippen molar-refractivity contribution in [2.24, 2.45) is 5.90 Å². The minimum absolute atomic E-state index is 0.569. The lowest BCUT2D eigenvalue weighted by Gasteiger charge is -2.23. The van der Waals surface area contributed by atoms with Crippen LogP contribution < -0.4 is 5.90 Å². The molecule has 1 aromatic carbocycles. The standard InChI is InChI=1S/C9H11BrClNO/c1-9(2,13-12)7-5-6(10)3-4-8(7)11/h3-5H,12H2,1-2H3. The Labute approximate surface area is 91.1 Å². The molecule has 2 nitrogen and oxygen atoms in total. The third kappa shape index (κ3) is 2.44. The number of benzene rings is 1. The zero-order valence-electron chi connectivity index (χ0n) is 7.47. The second-order valence-corrected chi connectivity index (χ2v) is 4.58. The van der Waals surface area contributed by atoms with Crippen molar-refractivity contribution in [3.63, 3.8) is 0 Å². The Bertz CT molecular complexity index is 314. The summed E-state index contributed by atoms with van der Waals surface area (Å²) in [6.45, 7) is 3.72. The fourth-order valence-electron chi connectivity index (χ4n) is 1.02. The van der Waals surface area contributed by atoms with Gasteiger partial charge in [-0.3, -0.25) is 4.84 Å². The van der Waals surface area contributed by atoms with E-state index in [1.54, 1.807) is 0 Å². The summed E-state index contributed by atoms with van der Waals surface area (Å²) in [5.41, 5.74) is 0.298. The second kappa shape index (κ2) is 3.96. The van der Waals surface area contributed by atoms with Gasteiger partial charge in [0.15, 0.2) is 0 Å².